The van der Waals surface area contributed by atoms with Gasteiger partial charge in [0, 0.05) is 5.69 Å². The average Bonchev–Trinajstić information content (AvgIpc) is 3.25. The van der Waals surface area contributed by atoms with Crippen molar-refractivity contribution >= 4 is 27.6 Å². The second-order valence-electron chi connectivity index (χ2n) is 7.13. The van der Waals surface area contributed by atoms with Crippen LogP contribution in [0.3, 0.4) is 0 Å². The second-order valence-corrected chi connectivity index (χ2v) is 8.90. The van der Waals surface area contributed by atoms with Crippen LogP contribution in [0.5, 0.6) is 0 Å². The number of aliphatic carboxylic acids is 1. The van der Waals surface area contributed by atoms with Gasteiger partial charge in [-0.2, -0.15) is 0 Å². The molecule has 1 aliphatic rings. The molecular weight excluding hydrogens is 410 g/mol. The van der Waals surface area contributed by atoms with Gasteiger partial charge in [-0.15, -0.1) is 0 Å². The van der Waals surface area contributed by atoms with Gasteiger partial charge >= 0.3 is 5.97 Å². The van der Waals surface area contributed by atoms with Crippen LogP contribution in [-0.2, 0) is 26.2 Å². The number of furan rings is 1. The Bertz CT molecular complexity index is 951. The highest BCUT2D eigenvalue weighted by atomic mass is 32.2. The molecule has 0 spiro atoms. The summed E-state index contributed by atoms with van der Waals surface area (Å²) in [6, 6.07) is 8.15. The second kappa shape index (κ2) is 9.88. The largest absolute Gasteiger partial charge is 0.480 e. The van der Waals surface area contributed by atoms with Gasteiger partial charge in [0.25, 0.3) is 0 Å². The summed E-state index contributed by atoms with van der Waals surface area (Å²) in [5.41, 5.74) is 0.396. The van der Waals surface area contributed by atoms with Crippen molar-refractivity contribution in [3.8, 4) is 0 Å². The van der Waals surface area contributed by atoms with Crippen LogP contribution in [0.4, 0.5) is 5.69 Å². The summed E-state index contributed by atoms with van der Waals surface area (Å²) in [7, 11) is -3.73. The monoisotopic (exact) mass is 435 g/mol. The summed E-state index contributed by atoms with van der Waals surface area (Å²) in [5.74, 6) is -0.959. The zero-order valence-electron chi connectivity index (χ0n) is 16.4. The molecule has 3 rings (SSSR count). The number of anilines is 1. The lowest BCUT2D eigenvalue weighted by Gasteiger charge is -2.31. The summed E-state index contributed by atoms with van der Waals surface area (Å²) in [6.45, 7) is 1.37. The number of hydrogen-bond acceptors (Lipinski definition) is 6. The Hall–Kier alpha value is -2.69. The van der Waals surface area contributed by atoms with E-state index in [0.29, 0.717) is 24.5 Å². The molecule has 1 saturated heterocycles. The van der Waals surface area contributed by atoms with E-state index in [9.17, 15) is 23.1 Å². The van der Waals surface area contributed by atoms with Crippen LogP contribution >= 0.6 is 0 Å². The summed E-state index contributed by atoms with van der Waals surface area (Å²) in [4.78, 5) is 25.8. The molecule has 9 nitrogen and oxygen atoms in total. The number of carboxylic acids is 1. The molecule has 1 aromatic heterocycles. The lowest BCUT2D eigenvalue weighted by atomic mass is 10.1. The van der Waals surface area contributed by atoms with E-state index in [1.807, 2.05) is 4.90 Å². The van der Waals surface area contributed by atoms with Crippen molar-refractivity contribution in [2.45, 2.75) is 43.2 Å². The van der Waals surface area contributed by atoms with Crippen molar-refractivity contribution in [2.75, 3.05) is 18.4 Å². The maximum atomic E-state index is 12.3. The minimum absolute atomic E-state index is 0.0287. The number of carbonyl (C=O) groups excluding carboxylic acids is 1. The molecule has 162 valence electrons. The average molecular weight is 436 g/mol. The Morgan fingerprint density at radius 1 is 1.10 bits per heavy atom. The summed E-state index contributed by atoms with van der Waals surface area (Å²) in [5, 5.41) is 12.1. The summed E-state index contributed by atoms with van der Waals surface area (Å²) in [6.07, 6.45) is 4.21. The predicted molar refractivity (Wildman–Crippen MR) is 109 cm³/mol. The van der Waals surface area contributed by atoms with Crippen LogP contribution in [0, 0.1) is 0 Å². The number of likely N-dealkylation sites (tertiary alicyclic amines) is 1. The Balaban J connectivity index is 1.57. The van der Waals surface area contributed by atoms with Crippen LogP contribution in [0.1, 0.15) is 31.4 Å². The number of carboxylic acid groups (broad SMARTS) is 1. The molecule has 3 N–H and O–H groups in total. The third-order valence-corrected chi connectivity index (χ3v) is 6.38. The van der Waals surface area contributed by atoms with E-state index in [-0.39, 0.29) is 17.9 Å². The van der Waals surface area contributed by atoms with E-state index in [4.69, 9.17) is 4.42 Å². The fourth-order valence-corrected chi connectivity index (χ4v) is 4.36. The Morgan fingerprint density at radius 3 is 2.40 bits per heavy atom. The molecule has 1 aromatic carbocycles. The molecule has 0 radical (unpaired) electrons. The molecule has 2 heterocycles. The Labute approximate surface area is 175 Å². The lowest BCUT2D eigenvalue weighted by molar-refractivity contribution is -0.145. The van der Waals surface area contributed by atoms with Crippen LogP contribution in [0.2, 0.25) is 0 Å². The van der Waals surface area contributed by atoms with Gasteiger partial charge in [0.2, 0.25) is 15.9 Å². The van der Waals surface area contributed by atoms with Gasteiger partial charge in [0.05, 0.1) is 24.1 Å². The maximum Gasteiger partial charge on any atom is 0.321 e. The third-order valence-electron chi connectivity index (χ3n) is 4.96. The highest BCUT2D eigenvalue weighted by Gasteiger charge is 2.29. The number of amides is 1. The van der Waals surface area contributed by atoms with Crippen molar-refractivity contribution in [2.24, 2.45) is 0 Å². The number of piperidine rings is 1. The van der Waals surface area contributed by atoms with Crippen LogP contribution in [0.25, 0.3) is 0 Å². The first-order valence-corrected chi connectivity index (χ1v) is 11.2. The quantitative estimate of drug-likeness (QED) is 0.549. The predicted octanol–water partition coefficient (Wildman–Crippen LogP) is 2.03. The van der Waals surface area contributed by atoms with Crippen molar-refractivity contribution in [3.05, 3.63) is 48.4 Å². The van der Waals surface area contributed by atoms with Crippen LogP contribution in [-0.4, -0.2) is 49.4 Å². The van der Waals surface area contributed by atoms with Crippen molar-refractivity contribution < 1.29 is 27.5 Å². The van der Waals surface area contributed by atoms with E-state index in [1.54, 1.807) is 12.1 Å². The number of carbonyl (C=O) groups is 2. The molecule has 0 saturated carbocycles. The van der Waals surface area contributed by atoms with Gasteiger partial charge in [-0.1, -0.05) is 6.42 Å². The highest BCUT2D eigenvalue weighted by molar-refractivity contribution is 7.89. The van der Waals surface area contributed by atoms with E-state index in [0.717, 1.165) is 19.3 Å². The molecule has 0 bridgehead atoms. The molecule has 1 unspecified atom stereocenters. The highest BCUT2D eigenvalue weighted by Crippen LogP contribution is 2.18. The Morgan fingerprint density at radius 2 is 1.80 bits per heavy atom. The number of benzene rings is 1. The molecule has 1 fully saturated rings. The minimum Gasteiger partial charge on any atom is -0.480 e. The van der Waals surface area contributed by atoms with Gasteiger partial charge in [-0.05, 0) is 62.3 Å². The van der Waals surface area contributed by atoms with Crippen molar-refractivity contribution in [1.29, 1.82) is 0 Å². The number of sulfonamides is 1. The smallest absolute Gasteiger partial charge is 0.321 e. The molecule has 30 heavy (non-hydrogen) atoms. The molecule has 1 aliphatic heterocycles. The fraction of sp³-hybridized carbons (Fsp3) is 0.400. The normalized spacial score (nSPS) is 16.1. The van der Waals surface area contributed by atoms with Crippen LogP contribution < -0.4 is 10.0 Å². The SMILES string of the molecule is O=C(CC(C(=O)O)N1CCCCC1)Nc1ccc(S(=O)(=O)NCc2ccco2)cc1. The van der Waals surface area contributed by atoms with E-state index < -0.39 is 27.9 Å². The zero-order chi connectivity index (χ0) is 21.6. The van der Waals surface area contributed by atoms with E-state index in [2.05, 4.69) is 10.0 Å². The first kappa shape index (κ1) is 22.0. The molecule has 0 aliphatic carbocycles. The Kier molecular flexibility index (Phi) is 7.24. The van der Waals surface area contributed by atoms with Gasteiger partial charge < -0.3 is 14.8 Å². The van der Waals surface area contributed by atoms with Crippen molar-refractivity contribution in [1.82, 2.24) is 9.62 Å². The first-order valence-electron chi connectivity index (χ1n) is 9.74. The van der Waals surface area contributed by atoms with Gasteiger partial charge in [0.15, 0.2) is 0 Å². The fourth-order valence-electron chi connectivity index (χ4n) is 3.37. The zero-order valence-corrected chi connectivity index (χ0v) is 17.2. The van der Waals surface area contributed by atoms with E-state index in [1.165, 1.54) is 30.5 Å². The molecule has 2 aromatic rings. The maximum absolute atomic E-state index is 12.3. The molecule has 1 amide bonds. The first-order chi connectivity index (χ1) is 14.3. The summed E-state index contributed by atoms with van der Waals surface area (Å²) >= 11 is 0. The molecular formula is C20H25N3O6S. The van der Waals surface area contributed by atoms with Gasteiger partial charge in [-0.25, -0.2) is 13.1 Å². The summed E-state index contributed by atoms with van der Waals surface area (Å²) < 4.78 is 32.2. The topological polar surface area (TPSA) is 129 Å². The lowest BCUT2D eigenvalue weighted by Crippen LogP contribution is -2.45. The molecule has 10 heteroatoms. The minimum atomic E-state index is -3.73. The van der Waals surface area contributed by atoms with E-state index >= 15 is 0 Å². The number of rotatable bonds is 9. The van der Waals surface area contributed by atoms with Gasteiger partial charge in [-0.3, -0.25) is 14.5 Å². The number of hydrogen-bond donors (Lipinski definition) is 3. The number of nitrogens with zero attached hydrogens (tertiary/aromatic N) is 1. The van der Waals surface area contributed by atoms with Crippen molar-refractivity contribution in [3.63, 3.8) is 0 Å². The molecule has 1 atom stereocenters. The van der Waals surface area contributed by atoms with Crippen LogP contribution in [0.15, 0.2) is 52.0 Å². The standard InChI is InChI=1S/C20H25N3O6S/c24-19(13-18(20(25)26)23-10-2-1-3-11-23)22-15-6-8-17(9-7-15)30(27,28)21-14-16-5-4-12-29-16/h4-9,12,18,21H,1-3,10-11,13-14H2,(H,22,24)(H,25,26). The third kappa shape index (κ3) is 5.91. The number of nitrogens with one attached hydrogen (secondary N) is 2. The van der Waals surface area contributed by atoms with Gasteiger partial charge in [0.1, 0.15) is 11.8 Å².